The number of phenols is 1. The first kappa shape index (κ1) is 20.7. The summed E-state index contributed by atoms with van der Waals surface area (Å²) in [7, 11) is 0. The number of amides is 1. The molecule has 1 atom stereocenters. The monoisotopic (exact) mass is 464 g/mol. The highest BCUT2D eigenvalue weighted by Gasteiger charge is 2.39. The van der Waals surface area contributed by atoms with Crippen LogP contribution in [0.1, 0.15) is 10.4 Å². The first-order chi connectivity index (χ1) is 15.1. The van der Waals surface area contributed by atoms with E-state index >= 15 is 0 Å². The predicted octanol–water partition coefficient (Wildman–Crippen LogP) is 2.61. The van der Waals surface area contributed by atoms with Gasteiger partial charge in [-0.1, -0.05) is 17.7 Å². The largest absolute Gasteiger partial charge is 0.507 e. The molecule has 1 aromatic carbocycles. The standard InChI is InChI=1S/C21H22ClFN4O3S/c22-17-18(15-13(23)2-1-3-14(15)28)25-20(26-6-8-31-9-7-26)16-19(17)30-11-12-10-24-4-5-27(12)21(16)29/h1-3,12,24,28H,4-11H2/t12-/m1/s1. The molecule has 31 heavy (non-hydrogen) atoms. The number of hydrogen-bond donors (Lipinski definition) is 2. The van der Waals surface area contributed by atoms with Crippen LogP contribution >= 0.6 is 23.4 Å². The molecule has 0 aliphatic carbocycles. The smallest absolute Gasteiger partial charge is 0.261 e. The van der Waals surface area contributed by atoms with Gasteiger partial charge in [-0.2, -0.15) is 11.8 Å². The fraction of sp³-hybridized carbons (Fsp3) is 0.429. The van der Waals surface area contributed by atoms with Gasteiger partial charge in [0.05, 0.1) is 11.6 Å². The van der Waals surface area contributed by atoms with Crippen molar-refractivity contribution < 1.29 is 19.0 Å². The first-order valence-electron chi connectivity index (χ1n) is 10.2. The van der Waals surface area contributed by atoms with Crippen molar-refractivity contribution in [2.75, 3.05) is 55.7 Å². The molecule has 3 aliphatic heterocycles. The Labute approximate surface area is 188 Å². The van der Waals surface area contributed by atoms with Gasteiger partial charge in [0.25, 0.3) is 5.91 Å². The van der Waals surface area contributed by atoms with Gasteiger partial charge >= 0.3 is 0 Å². The number of thioether (sulfide) groups is 1. The number of nitrogens with zero attached hydrogens (tertiary/aromatic N) is 3. The number of phenolic OH excluding ortho intramolecular Hbond substituents is 1. The van der Waals surface area contributed by atoms with Crippen LogP contribution in [0, 0.1) is 5.82 Å². The van der Waals surface area contributed by atoms with E-state index in [1.807, 2.05) is 21.6 Å². The minimum absolute atomic E-state index is 0.0340. The maximum absolute atomic E-state index is 14.7. The first-order valence-corrected chi connectivity index (χ1v) is 11.8. The summed E-state index contributed by atoms with van der Waals surface area (Å²) in [5.41, 5.74) is 0.304. The topological polar surface area (TPSA) is 77.9 Å². The Kier molecular flexibility index (Phi) is 5.58. The summed E-state index contributed by atoms with van der Waals surface area (Å²) in [5.74, 6) is 1.34. The van der Waals surface area contributed by atoms with Gasteiger partial charge in [0.2, 0.25) is 0 Å². The lowest BCUT2D eigenvalue weighted by Gasteiger charge is -2.34. The average molecular weight is 465 g/mol. The molecule has 0 spiro atoms. The van der Waals surface area contributed by atoms with E-state index < -0.39 is 5.82 Å². The van der Waals surface area contributed by atoms with Gasteiger partial charge in [-0.05, 0) is 12.1 Å². The van der Waals surface area contributed by atoms with Crippen molar-refractivity contribution in [3.63, 3.8) is 0 Å². The van der Waals surface area contributed by atoms with Gasteiger partial charge in [-0.25, -0.2) is 9.37 Å². The molecule has 0 saturated carbocycles. The van der Waals surface area contributed by atoms with Crippen LogP contribution in [0.25, 0.3) is 11.3 Å². The Hall–Kier alpha value is -2.23. The number of aromatic nitrogens is 1. The zero-order valence-electron chi connectivity index (χ0n) is 16.7. The molecule has 1 aromatic heterocycles. The summed E-state index contributed by atoms with van der Waals surface area (Å²) in [6.07, 6.45) is 0. The number of carbonyl (C=O) groups is 1. The summed E-state index contributed by atoms with van der Waals surface area (Å²) in [4.78, 5) is 22.1. The summed E-state index contributed by atoms with van der Waals surface area (Å²) in [5, 5.41) is 13.7. The fourth-order valence-electron chi connectivity index (χ4n) is 4.28. The molecule has 5 rings (SSSR count). The second-order valence-corrected chi connectivity index (χ2v) is 9.31. The number of carbonyl (C=O) groups excluding carboxylic acids is 1. The molecule has 2 fully saturated rings. The maximum atomic E-state index is 14.7. The van der Waals surface area contributed by atoms with Crippen LogP contribution in [0.5, 0.6) is 11.5 Å². The van der Waals surface area contributed by atoms with Crippen molar-refractivity contribution in [2.24, 2.45) is 0 Å². The van der Waals surface area contributed by atoms with E-state index in [9.17, 15) is 14.3 Å². The van der Waals surface area contributed by atoms with Gasteiger partial charge in [-0.15, -0.1) is 0 Å². The Morgan fingerprint density at radius 1 is 1.26 bits per heavy atom. The number of nitrogens with one attached hydrogen (secondary N) is 1. The SMILES string of the molecule is O=C1c2c(N3CCSCC3)nc(-c3c(O)cccc3F)c(Cl)c2OC[C@H]2CNCCN12. The van der Waals surface area contributed by atoms with Crippen molar-refractivity contribution >= 4 is 35.1 Å². The molecule has 4 heterocycles. The second-order valence-electron chi connectivity index (χ2n) is 7.70. The van der Waals surface area contributed by atoms with Crippen molar-refractivity contribution in [3.8, 4) is 22.8 Å². The number of fused-ring (bicyclic) bond motifs is 2. The normalized spacial score (nSPS) is 21.2. The van der Waals surface area contributed by atoms with Crippen LogP contribution in [-0.2, 0) is 0 Å². The second kappa shape index (κ2) is 8.37. The number of anilines is 1. The lowest BCUT2D eigenvalue weighted by Crippen LogP contribution is -2.55. The summed E-state index contributed by atoms with van der Waals surface area (Å²) in [6.45, 7) is 3.57. The molecule has 10 heteroatoms. The number of benzene rings is 1. The summed E-state index contributed by atoms with van der Waals surface area (Å²) in [6, 6.07) is 3.92. The minimum Gasteiger partial charge on any atom is -0.507 e. The number of ether oxygens (including phenoxy) is 1. The number of hydrogen-bond acceptors (Lipinski definition) is 7. The van der Waals surface area contributed by atoms with Crippen molar-refractivity contribution in [1.29, 1.82) is 0 Å². The third-order valence-electron chi connectivity index (χ3n) is 5.86. The molecular formula is C21H22ClFN4O3S. The van der Waals surface area contributed by atoms with Crippen LogP contribution in [0.2, 0.25) is 5.02 Å². The molecule has 0 unspecified atom stereocenters. The summed E-state index contributed by atoms with van der Waals surface area (Å²) < 4.78 is 20.8. The highest BCUT2D eigenvalue weighted by atomic mass is 35.5. The average Bonchev–Trinajstić information content (AvgIpc) is 2.93. The molecule has 164 valence electrons. The highest BCUT2D eigenvalue weighted by Crippen LogP contribution is 2.46. The van der Waals surface area contributed by atoms with Crippen LogP contribution in [0.15, 0.2) is 18.2 Å². The number of pyridine rings is 1. The number of halogens is 2. The van der Waals surface area contributed by atoms with Crippen LogP contribution in [0.3, 0.4) is 0 Å². The van der Waals surface area contributed by atoms with E-state index in [0.29, 0.717) is 44.1 Å². The van der Waals surface area contributed by atoms with Crippen LogP contribution < -0.4 is 15.0 Å². The quantitative estimate of drug-likeness (QED) is 0.707. The van der Waals surface area contributed by atoms with Crippen molar-refractivity contribution in [3.05, 3.63) is 34.6 Å². The van der Waals surface area contributed by atoms with Gasteiger partial charge in [-0.3, -0.25) is 4.79 Å². The van der Waals surface area contributed by atoms with E-state index in [1.165, 1.54) is 18.2 Å². The van der Waals surface area contributed by atoms with Gasteiger partial charge in [0.1, 0.15) is 40.3 Å². The van der Waals surface area contributed by atoms with Crippen molar-refractivity contribution in [1.82, 2.24) is 15.2 Å². The van der Waals surface area contributed by atoms with E-state index in [4.69, 9.17) is 16.3 Å². The molecule has 2 saturated heterocycles. The van der Waals surface area contributed by atoms with Gasteiger partial charge < -0.3 is 25.0 Å². The van der Waals surface area contributed by atoms with E-state index in [-0.39, 0.29) is 46.3 Å². The lowest BCUT2D eigenvalue weighted by molar-refractivity contribution is 0.0606. The minimum atomic E-state index is -0.643. The highest BCUT2D eigenvalue weighted by molar-refractivity contribution is 7.99. The van der Waals surface area contributed by atoms with Crippen molar-refractivity contribution in [2.45, 2.75) is 6.04 Å². The van der Waals surface area contributed by atoms with Gasteiger partial charge in [0.15, 0.2) is 5.75 Å². The number of aromatic hydroxyl groups is 1. The lowest BCUT2D eigenvalue weighted by atomic mass is 10.1. The zero-order valence-corrected chi connectivity index (χ0v) is 18.3. The van der Waals surface area contributed by atoms with Gasteiger partial charge in [0, 0.05) is 44.2 Å². The van der Waals surface area contributed by atoms with Crippen LogP contribution in [0.4, 0.5) is 10.2 Å². The third-order valence-corrected chi connectivity index (χ3v) is 7.15. The molecule has 0 radical (unpaired) electrons. The van der Waals surface area contributed by atoms with E-state index in [1.54, 1.807) is 0 Å². The number of rotatable bonds is 2. The molecule has 3 aliphatic rings. The molecule has 2 aromatic rings. The molecular weight excluding hydrogens is 443 g/mol. The predicted molar refractivity (Wildman–Crippen MR) is 119 cm³/mol. The molecule has 7 nitrogen and oxygen atoms in total. The molecule has 2 N–H and O–H groups in total. The Bertz CT molecular complexity index is 1010. The maximum Gasteiger partial charge on any atom is 0.261 e. The van der Waals surface area contributed by atoms with Crippen LogP contribution in [-0.4, -0.2) is 77.8 Å². The zero-order chi connectivity index (χ0) is 21.5. The number of piperazine rings is 1. The van der Waals surface area contributed by atoms with E-state index in [2.05, 4.69) is 10.3 Å². The third kappa shape index (κ3) is 3.58. The summed E-state index contributed by atoms with van der Waals surface area (Å²) >= 11 is 8.51. The Balaban J connectivity index is 1.73. The molecule has 1 amide bonds. The van der Waals surface area contributed by atoms with E-state index in [0.717, 1.165) is 11.5 Å². The fourth-order valence-corrected chi connectivity index (χ4v) is 5.46. The molecule has 0 bridgehead atoms. The Morgan fingerprint density at radius 3 is 2.84 bits per heavy atom. The Morgan fingerprint density at radius 2 is 2.06 bits per heavy atom.